The average molecular weight is 295 g/mol. The van der Waals surface area contributed by atoms with Crippen LogP contribution in [0.1, 0.15) is 11.4 Å². The Kier molecular flexibility index (Phi) is 3.84. The molecule has 0 bridgehead atoms. The van der Waals surface area contributed by atoms with E-state index in [-0.39, 0.29) is 5.84 Å². The molecule has 3 aromatic rings. The van der Waals surface area contributed by atoms with Gasteiger partial charge in [0.05, 0.1) is 17.9 Å². The molecule has 0 amide bonds. The van der Waals surface area contributed by atoms with Crippen molar-refractivity contribution < 1.29 is 4.74 Å². The summed E-state index contributed by atoms with van der Waals surface area (Å²) in [5.74, 6) is 0.656. The molecule has 2 heterocycles. The van der Waals surface area contributed by atoms with Crippen LogP contribution in [0.4, 0.5) is 0 Å². The number of nitrogens with one attached hydrogen (secondary N) is 1. The maximum Gasteiger partial charge on any atom is 0.167 e. The molecule has 0 saturated carbocycles. The lowest BCUT2D eigenvalue weighted by Crippen LogP contribution is -2.13. The molecule has 0 aliphatic rings. The van der Waals surface area contributed by atoms with Gasteiger partial charge in [0.15, 0.2) is 11.5 Å². The number of benzene rings is 1. The van der Waals surface area contributed by atoms with Crippen LogP contribution in [0, 0.1) is 5.41 Å². The SMILES string of the molecule is COCCc1nc2c(C(=N)N)ccc(-c3ccccc3)n2n1. The summed E-state index contributed by atoms with van der Waals surface area (Å²) < 4.78 is 6.83. The molecule has 2 aromatic heterocycles. The molecule has 0 atom stereocenters. The van der Waals surface area contributed by atoms with Gasteiger partial charge < -0.3 is 10.5 Å². The van der Waals surface area contributed by atoms with Gasteiger partial charge in [0.2, 0.25) is 0 Å². The molecule has 1 aromatic carbocycles. The molecule has 3 N–H and O–H groups in total. The molecule has 0 spiro atoms. The predicted octanol–water partition coefficient (Wildman–Crippen LogP) is 1.87. The molecular weight excluding hydrogens is 278 g/mol. The van der Waals surface area contributed by atoms with Crippen molar-refractivity contribution in [3.63, 3.8) is 0 Å². The van der Waals surface area contributed by atoms with Gasteiger partial charge in [0.25, 0.3) is 0 Å². The van der Waals surface area contributed by atoms with E-state index in [1.807, 2.05) is 42.5 Å². The van der Waals surface area contributed by atoms with E-state index in [0.29, 0.717) is 30.1 Å². The number of nitrogens with zero attached hydrogens (tertiary/aromatic N) is 3. The van der Waals surface area contributed by atoms with Gasteiger partial charge in [-0.05, 0) is 12.1 Å². The summed E-state index contributed by atoms with van der Waals surface area (Å²) in [6, 6.07) is 13.7. The van der Waals surface area contributed by atoms with Crippen molar-refractivity contribution in [3.8, 4) is 11.3 Å². The fourth-order valence-electron chi connectivity index (χ4n) is 2.34. The minimum atomic E-state index is -0.0182. The third kappa shape index (κ3) is 2.56. The molecular formula is C16H17N5O. The number of nitrogen functional groups attached to an aromatic ring is 1. The van der Waals surface area contributed by atoms with Crippen LogP contribution in [-0.4, -0.2) is 34.2 Å². The second-order valence-electron chi connectivity index (χ2n) is 4.92. The zero-order valence-corrected chi connectivity index (χ0v) is 12.3. The first kappa shape index (κ1) is 14.2. The fraction of sp³-hybridized carbons (Fsp3) is 0.188. The second-order valence-corrected chi connectivity index (χ2v) is 4.92. The molecule has 0 unspecified atom stereocenters. The number of aromatic nitrogens is 3. The molecule has 0 aliphatic carbocycles. The third-order valence-corrected chi connectivity index (χ3v) is 3.42. The molecule has 3 rings (SSSR count). The number of ether oxygens (including phenoxy) is 1. The van der Waals surface area contributed by atoms with E-state index in [2.05, 4.69) is 10.1 Å². The Hall–Kier alpha value is -2.73. The zero-order valence-electron chi connectivity index (χ0n) is 12.3. The molecule has 0 saturated heterocycles. The third-order valence-electron chi connectivity index (χ3n) is 3.42. The summed E-state index contributed by atoms with van der Waals surface area (Å²) in [5, 5.41) is 12.3. The molecule has 22 heavy (non-hydrogen) atoms. The smallest absolute Gasteiger partial charge is 0.167 e. The van der Waals surface area contributed by atoms with Crippen LogP contribution in [0.15, 0.2) is 42.5 Å². The Bertz CT molecular complexity index is 810. The molecule has 112 valence electrons. The minimum absolute atomic E-state index is 0.0182. The van der Waals surface area contributed by atoms with Crippen molar-refractivity contribution in [1.29, 1.82) is 5.41 Å². The number of amidine groups is 1. The fourth-order valence-corrected chi connectivity index (χ4v) is 2.34. The zero-order chi connectivity index (χ0) is 15.5. The number of hydrogen-bond donors (Lipinski definition) is 2. The van der Waals surface area contributed by atoms with Crippen molar-refractivity contribution >= 4 is 11.5 Å². The van der Waals surface area contributed by atoms with Crippen molar-refractivity contribution in [2.45, 2.75) is 6.42 Å². The van der Waals surface area contributed by atoms with E-state index in [1.54, 1.807) is 11.6 Å². The molecule has 6 nitrogen and oxygen atoms in total. The first-order valence-electron chi connectivity index (χ1n) is 6.98. The van der Waals surface area contributed by atoms with Crippen LogP contribution in [0.3, 0.4) is 0 Å². The van der Waals surface area contributed by atoms with Gasteiger partial charge in [-0.25, -0.2) is 9.50 Å². The number of nitrogens with two attached hydrogens (primary N) is 1. The van der Waals surface area contributed by atoms with E-state index in [0.717, 1.165) is 11.3 Å². The Labute approximate surface area is 128 Å². The highest BCUT2D eigenvalue weighted by Crippen LogP contribution is 2.22. The van der Waals surface area contributed by atoms with Gasteiger partial charge in [0.1, 0.15) is 5.84 Å². The Morgan fingerprint density at radius 2 is 2.00 bits per heavy atom. The van der Waals surface area contributed by atoms with Gasteiger partial charge in [0, 0.05) is 19.1 Å². The van der Waals surface area contributed by atoms with Crippen LogP contribution in [0.25, 0.3) is 16.9 Å². The minimum Gasteiger partial charge on any atom is -0.384 e. The normalized spacial score (nSPS) is 11.0. The highest BCUT2D eigenvalue weighted by Gasteiger charge is 2.14. The van der Waals surface area contributed by atoms with E-state index in [1.165, 1.54) is 0 Å². The summed E-state index contributed by atoms with van der Waals surface area (Å²) in [4.78, 5) is 4.51. The molecule has 0 radical (unpaired) electrons. The quantitative estimate of drug-likeness (QED) is 0.555. The van der Waals surface area contributed by atoms with E-state index in [9.17, 15) is 0 Å². The highest BCUT2D eigenvalue weighted by molar-refractivity contribution is 6.00. The highest BCUT2D eigenvalue weighted by atomic mass is 16.5. The Morgan fingerprint density at radius 1 is 1.23 bits per heavy atom. The van der Waals surface area contributed by atoms with Gasteiger partial charge in [-0.1, -0.05) is 30.3 Å². The van der Waals surface area contributed by atoms with Crippen molar-refractivity contribution in [3.05, 3.63) is 53.9 Å². The summed E-state index contributed by atoms with van der Waals surface area (Å²) in [6.45, 7) is 0.549. The van der Waals surface area contributed by atoms with Crippen molar-refractivity contribution in [1.82, 2.24) is 14.6 Å². The first-order valence-corrected chi connectivity index (χ1v) is 6.98. The van der Waals surface area contributed by atoms with E-state index < -0.39 is 0 Å². The average Bonchev–Trinajstić information content (AvgIpc) is 2.96. The lowest BCUT2D eigenvalue weighted by atomic mass is 10.1. The Morgan fingerprint density at radius 3 is 2.68 bits per heavy atom. The number of pyridine rings is 1. The summed E-state index contributed by atoms with van der Waals surface area (Å²) in [7, 11) is 1.65. The van der Waals surface area contributed by atoms with Crippen molar-refractivity contribution in [2.24, 2.45) is 5.73 Å². The lowest BCUT2D eigenvalue weighted by Gasteiger charge is -2.07. The predicted molar refractivity (Wildman–Crippen MR) is 85.0 cm³/mol. The topological polar surface area (TPSA) is 89.3 Å². The maximum atomic E-state index is 7.71. The number of rotatable bonds is 5. The van der Waals surface area contributed by atoms with Crippen LogP contribution in [0.2, 0.25) is 0 Å². The van der Waals surface area contributed by atoms with Crippen LogP contribution in [-0.2, 0) is 11.2 Å². The summed E-state index contributed by atoms with van der Waals surface area (Å²) in [5.41, 5.74) is 8.78. The molecule has 6 heteroatoms. The number of hydrogen-bond acceptors (Lipinski definition) is 4. The summed E-state index contributed by atoms with van der Waals surface area (Å²) in [6.07, 6.45) is 0.615. The second kappa shape index (κ2) is 5.95. The van der Waals surface area contributed by atoms with Gasteiger partial charge in [-0.2, -0.15) is 5.10 Å². The van der Waals surface area contributed by atoms with Crippen LogP contribution < -0.4 is 5.73 Å². The van der Waals surface area contributed by atoms with Crippen LogP contribution >= 0.6 is 0 Å². The maximum absolute atomic E-state index is 7.71. The molecule has 0 aliphatic heterocycles. The Balaban J connectivity index is 2.20. The number of fused-ring (bicyclic) bond motifs is 1. The largest absolute Gasteiger partial charge is 0.384 e. The molecule has 0 fully saturated rings. The summed E-state index contributed by atoms with van der Waals surface area (Å²) >= 11 is 0. The van der Waals surface area contributed by atoms with Gasteiger partial charge in [-0.15, -0.1) is 0 Å². The lowest BCUT2D eigenvalue weighted by molar-refractivity contribution is 0.200. The van der Waals surface area contributed by atoms with Gasteiger partial charge >= 0.3 is 0 Å². The monoisotopic (exact) mass is 295 g/mol. The first-order chi connectivity index (χ1) is 10.7. The van der Waals surface area contributed by atoms with E-state index in [4.69, 9.17) is 15.9 Å². The number of methoxy groups -OCH3 is 1. The van der Waals surface area contributed by atoms with Gasteiger partial charge in [-0.3, -0.25) is 5.41 Å². The standard InChI is InChI=1S/C16H17N5O/c1-22-10-9-14-19-16-12(15(17)18)7-8-13(21(16)20-14)11-5-3-2-4-6-11/h2-8H,9-10H2,1H3,(H3,17,18). The van der Waals surface area contributed by atoms with Crippen molar-refractivity contribution in [2.75, 3.05) is 13.7 Å². The van der Waals surface area contributed by atoms with E-state index >= 15 is 0 Å². The van der Waals surface area contributed by atoms with Crippen LogP contribution in [0.5, 0.6) is 0 Å².